The molecule has 0 fully saturated rings. The van der Waals surface area contributed by atoms with Crippen LogP contribution in [0.15, 0.2) is 53.4 Å². The summed E-state index contributed by atoms with van der Waals surface area (Å²) < 4.78 is 15.0. The van der Waals surface area contributed by atoms with Crippen molar-refractivity contribution in [1.29, 1.82) is 0 Å². The van der Waals surface area contributed by atoms with Crippen LogP contribution in [0.2, 0.25) is 0 Å². The van der Waals surface area contributed by atoms with Gasteiger partial charge in [0.05, 0.1) is 22.4 Å². The number of anilines is 1. The van der Waals surface area contributed by atoms with Gasteiger partial charge in [-0.2, -0.15) is 5.10 Å². The summed E-state index contributed by atoms with van der Waals surface area (Å²) in [4.78, 5) is 13.5. The molecule has 0 aliphatic carbocycles. The van der Waals surface area contributed by atoms with Crippen molar-refractivity contribution in [2.24, 2.45) is 0 Å². The van der Waals surface area contributed by atoms with Crippen LogP contribution in [-0.2, 0) is 4.79 Å². The number of halogens is 1. The number of hydrogen-bond acceptors (Lipinski definition) is 4. The average Bonchev–Trinajstić information content (AvgIpc) is 2.88. The maximum Gasteiger partial charge on any atom is 0.235 e. The van der Waals surface area contributed by atoms with Crippen molar-refractivity contribution in [1.82, 2.24) is 9.78 Å². The smallest absolute Gasteiger partial charge is 0.235 e. The molecular formula is C20H18FN3OS2. The van der Waals surface area contributed by atoms with E-state index in [1.807, 2.05) is 13.2 Å². The van der Waals surface area contributed by atoms with Crippen LogP contribution < -0.4 is 5.32 Å². The third-order valence-electron chi connectivity index (χ3n) is 4.50. The Morgan fingerprint density at radius 3 is 2.56 bits per heavy atom. The zero-order valence-corrected chi connectivity index (χ0v) is 16.5. The minimum absolute atomic E-state index is 0.00375. The first kappa shape index (κ1) is 18.1. The number of amides is 1. The monoisotopic (exact) mass is 399 g/mol. The molecule has 0 radical (unpaired) electrons. The lowest BCUT2D eigenvalue weighted by atomic mass is 10.0. The molecule has 0 saturated carbocycles. The van der Waals surface area contributed by atoms with Crippen LogP contribution in [0.3, 0.4) is 0 Å². The predicted molar refractivity (Wildman–Crippen MR) is 109 cm³/mol. The molecule has 0 bridgehead atoms. The number of hydrogen-bond donors (Lipinski definition) is 1. The van der Waals surface area contributed by atoms with Crippen molar-refractivity contribution >= 4 is 35.2 Å². The van der Waals surface area contributed by atoms with Gasteiger partial charge in [-0.1, -0.05) is 12.1 Å². The van der Waals surface area contributed by atoms with Crippen LogP contribution in [-0.4, -0.2) is 27.7 Å². The van der Waals surface area contributed by atoms with E-state index in [4.69, 9.17) is 0 Å². The lowest BCUT2D eigenvalue weighted by Crippen LogP contribution is -2.15. The van der Waals surface area contributed by atoms with Crippen LogP contribution >= 0.6 is 23.5 Å². The number of benzene rings is 2. The number of carbonyl (C=O) groups excluding carboxylic acids is 1. The summed E-state index contributed by atoms with van der Waals surface area (Å²) >= 11 is 3.29. The lowest BCUT2D eigenvalue weighted by Gasteiger charge is -2.15. The summed E-state index contributed by atoms with van der Waals surface area (Å²) in [6, 6.07) is 14.5. The highest BCUT2D eigenvalue weighted by atomic mass is 32.2. The quantitative estimate of drug-likeness (QED) is 0.642. The Morgan fingerprint density at radius 2 is 1.89 bits per heavy atom. The van der Waals surface area contributed by atoms with Crippen molar-refractivity contribution in [2.75, 3.05) is 17.3 Å². The summed E-state index contributed by atoms with van der Waals surface area (Å²) in [7, 11) is 0. The summed E-state index contributed by atoms with van der Waals surface area (Å²) in [5.74, 6) is 0.660. The first-order valence-corrected chi connectivity index (χ1v) is 10.7. The SMILES string of the molecule is CSc1ccc([C@@H]2SCC(=O)Nc3c2c(C)nn3-c2ccc(F)cc2)cc1. The molecule has 7 heteroatoms. The van der Waals surface area contributed by atoms with E-state index < -0.39 is 0 Å². The highest BCUT2D eigenvalue weighted by Crippen LogP contribution is 2.44. The third kappa shape index (κ3) is 3.49. The second-order valence-electron chi connectivity index (χ2n) is 6.25. The molecule has 0 spiro atoms. The Kier molecular flexibility index (Phi) is 4.97. The molecule has 1 aliphatic heterocycles. The van der Waals surface area contributed by atoms with Crippen LogP contribution in [0.1, 0.15) is 22.1 Å². The highest BCUT2D eigenvalue weighted by molar-refractivity contribution is 8.00. The maximum atomic E-state index is 13.3. The van der Waals surface area contributed by atoms with E-state index in [2.05, 4.69) is 34.7 Å². The highest BCUT2D eigenvalue weighted by Gasteiger charge is 2.30. The molecule has 1 aliphatic rings. The van der Waals surface area contributed by atoms with Gasteiger partial charge in [-0.05, 0) is 55.1 Å². The van der Waals surface area contributed by atoms with Gasteiger partial charge in [0.2, 0.25) is 5.91 Å². The van der Waals surface area contributed by atoms with Crippen molar-refractivity contribution in [3.8, 4) is 5.69 Å². The van der Waals surface area contributed by atoms with Gasteiger partial charge < -0.3 is 5.32 Å². The van der Waals surface area contributed by atoms with E-state index in [0.29, 0.717) is 17.3 Å². The molecule has 1 amide bonds. The number of rotatable bonds is 3. The first-order valence-electron chi connectivity index (χ1n) is 8.47. The Hall–Kier alpha value is -2.25. The number of nitrogens with zero attached hydrogens (tertiary/aromatic N) is 2. The summed E-state index contributed by atoms with van der Waals surface area (Å²) in [6.07, 6.45) is 2.05. The molecular weight excluding hydrogens is 381 g/mol. The topological polar surface area (TPSA) is 46.9 Å². The van der Waals surface area contributed by atoms with Crippen LogP contribution in [0.25, 0.3) is 5.69 Å². The normalized spacial score (nSPS) is 16.6. The minimum Gasteiger partial charge on any atom is -0.310 e. The zero-order chi connectivity index (χ0) is 19.0. The number of thioether (sulfide) groups is 2. The van der Waals surface area contributed by atoms with Crippen molar-refractivity contribution < 1.29 is 9.18 Å². The molecule has 0 unspecified atom stereocenters. The molecule has 1 N–H and O–H groups in total. The van der Waals surface area contributed by atoms with E-state index in [9.17, 15) is 9.18 Å². The van der Waals surface area contributed by atoms with Gasteiger partial charge in [-0.15, -0.1) is 23.5 Å². The second-order valence-corrected chi connectivity index (χ2v) is 8.22. The predicted octanol–water partition coefficient (Wildman–Crippen LogP) is 4.82. The third-order valence-corrected chi connectivity index (χ3v) is 6.51. The molecule has 138 valence electrons. The Bertz CT molecular complexity index is 984. The summed E-state index contributed by atoms with van der Waals surface area (Å²) in [5.41, 5.74) is 3.69. The molecule has 4 nitrogen and oxygen atoms in total. The van der Waals surface area contributed by atoms with Crippen LogP contribution in [0, 0.1) is 12.7 Å². The number of fused-ring (bicyclic) bond motifs is 1. The van der Waals surface area contributed by atoms with Gasteiger partial charge >= 0.3 is 0 Å². The van der Waals surface area contributed by atoms with Gasteiger partial charge in [0.1, 0.15) is 11.6 Å². The number of nitrogens with one attached hydrogen (secondary N) is 1. The fraction of sp³-hybridized carbons (Fsp3) is 0.200. The Morgan fingerprint density at radius 1 is 1.19 bits per heavy atom. The zero-order valence-electron chi connectivity index (χ0n) is 14.9. The first-order chi connectivity index (χ1) is 13.1. The van der Waals surface area contributed by atoms with Crippen molar-refractivity contribution in [2.45, 2.75) is 17.1 Å². The largest absolute Gasteiger partial charge is 0.310 e. The average molecular weight is 400 g/mol. The Labute approximate surface area is 165 Å². The van der Waals surface area contributed by atoms with E-state index in [1.54, 1.807) is 40.3 Å². The standard InChI is InChI=1S/C20H18FN3OS2/c1-12-18-19(13-3-9-16(26-2)10-4-13)27-11-17(25)22-20(18)24(23-12)15-7-5-14(21)6-8-15/h3-10,19H,11H2,1-2H3,(H,22,25)/t19-/m0/s1. The van der Waals surface area contributed by atoms with Gasteiger partial charge in [-0.25, -0.2) is 9.07 Å². The number of aryl methyl sites for hydroxylation is 1. The van der Waals surface area contributed by atoms with E-state index in [-0.39, 0.29) is 17.0 Å². The fourth-order valence-electron chi connectivity index (χ4n) is 3.19. The second kappa shape index (κ2) is 7.40. The van der Waals surface area contributed by atoms with Gasteiger partial charge in [0.25, 0.3) is 0 Å². The summed E-state index contributed by atoms with van der Waals surface area (Å²) in [6.45, 7) is 1.94. The van der Waals surface area contributed by atoms with E-state index >= 15 is 0 Å². The maximum absolute atomic E-state index is 13.3. The lowest BCUT2D eigenvalue weighted by molar-refractivity contribution is -0.113. The number of aromatic nitrogens is 2. The molecule has 2 heterocycles. The molecule has 0 saturated heterocycles. The molecule has 27 heavy (non-hydrogen) atoms. The molecule has 1 aromatic heterocycles. The van der Waals surface area contributed by atoms with Gasteiger partial charge in [0, 0.05) is 10.5 Å². The fourth-order valence-corrected chi connectivity index (χ4v) is 4.79. The van der Waals surface area contributed by atoms with E-state index in [1.165, 1.54) is 17.0 Å². The van der Waals surface area contributed by atoms with E-state index in [0.717, 1.165) is 16.8 Å². The van der Waals surface area contributed by atoms with Gasteiger partial charge in [-0.3, -0.25) is 4.79 Å². The molecule has 3 aromatic rings. The Balaban J connectivity index is 1.84. The molecule has 2 aromatic carbocycles. The van der Waals surface area contributed by atoms with Crippen molar-refractivity contribution in [3.05, 3.63) is 71.2 Å². The molecule has 1 atom stereocenters. The summed E-state index contributed by atoms with van der Waals surface area (Å²) in [5, 5.41) is 7.63. The van der Waals surface area contributed by atoms with Crippen molar-refractivity contribution in [3.63, 3.8) is 0 Å². The number of carbonyl (C=O) groups is 1. The van der Waals surface area contributed by atoms with Crippen LogP contribution in [0.4, 0.5) is 10.2 Å². The van der Waals surface area contributed by atoms with Gasteiger partial charge in [0.15, 0.2) is 0 Å². The minimum atomic E-state index is -0.305. The molecule has 4 rings (SSSR count). The van der Waals surface area contributed by atoms with Crippen LogP contribution in [0.5, 0.6) is 0 Å².